The molecule has 1 atom stereocenters. The highest BCUT2D eigenvalue weighted by molar-refractivity contribution is 5.15. The maximum absolute atomic E-state index is 8.59. The molecule has 2 rings (SSSR count). The van der Waals surface area contributed by atoms with Crippen LogP contribution in [0.3, 0.4) is 0 Å². The van der Waals surface area contributed by atoms with Crippen molar-refractivity contribution in [1.29, 1.82) is 5.26 Å². The van der Waals surface area contributed by atoms with E-state index in [1.54, 1.807) is 0 Å². The first-order chi connectivity index (χ1) is 5.90. The van der Waals surface area contributed by atoms with Crippen molar-refractivity contribution < 1.29 is 0 Å². The molecular weight excluding hydrogens is 148 g/mol. The number of nitriles is 1. The maximum atomic E-state index is 8.59. The second-order valence-corrected chi connectivity index (χ2v) is 3.40. The Morgan fingerprint density at radius 1 is 1.33 bits per heavy atom. The Bertz CT molecular complexity index is 254. The van der Waals surface area contributed by atoms with E-state index in [0.717, 1.165) is 19.5 Å². The van der Waals surface area contributed by atoms with E-state index >= 15 is 0 Å². The first-order valence-electron chi connectivity index (χ1n) is 4.37. The zero-order chi connectivity index (χ0) is 8.39. The van der Waals surface area contributed by atoms with Crippen molar-refractivity contribution >= 4 is 0 Å². The van der Waals surface area contributed by atoms with Gasteiger partial charge < -0.3 is 0 Å². The van der Waals surface area contributed by atoms with Gasteiger partial charge in [-0.05, 0) is 6.42 Å². The lowest BCUT2D eigenvalue weighted by Crippen LogP contribution is -2.50. The minimum absolute atomic E-state index is 0.282. The normalized spacial score (nSPS) is 29.8. The fourth-order valence-electron chi connectivity index (χ4n) is 1.70. The number of nitrogens with zero attached hydrogens (tertiary/aromatic N) is 2. The van der Waals surface area contributed by atoms with Crippen LogP contribution in [0, 0.1) is 17.2 Å². The molecule has 1 heterocycles. The lowest BCUT2D eigenvalue weighted by atomic mass is 9.96. The highest BCUT2D eigenvalue weighted by atomic mass is 15.2. The predicted molar refractivity (Wildman–Crippen MR) is 47.4 cm³/mol. The van der Waals surface area contributed by atoms with Gasteiger partial charge in [0.1, 0.15) is 0 Å². The van der Waals surface area contributed by atoms with Crippen LogP contribution >= 0.6 is 0 Å². The van der Waals surface area contributed by atoms with E-state index < -0.39 is 0 Å². The average Bonchev–Trinajstić information content (AvgIpc) is 2.04. The van der Waals surface area contributed by atoms with Gasteiger partial charge in [0.15, 0.2) is 0 Å². The maximum Gasteiger partial charge on any atom is 0.0717 e. The van der Waals surface area contributed by atoms with Crippen LogP contribution in [-0.2, 0) is 0 Å². The van der Waals surface area contributed by atoms with Crippen LogP contribution in [0.1, 0.15) is 6.42 Å². The van der Waals surface area contributed by atoms with Gasteiger partial charge in [-0.1, -0.05) is 24.3 Å². The van der Waals surface area contributed by atoms with Crippen LogP contribution in [0.5, 0.6) is 0 Å². The zero-order valence-electron chi connectivity index (χ0n) is 6.98. The monoisotopic (exact) mass is 160 g/mol. The Morgan fingerprint density at radius 2 is 2.17 bits per heavy atom. The van der Waals surface area contributed by atoms with Crippen molar-refractivity contribution in [3.63, 3.8) is 0 Å². The van der Waals surface area contributed by atoms with Crippen LogP contribution in [-0.4, -0.2) is 24.0 Å². The average molecular weight is 160 g/mol. The van der Waals surface area contributed by atoms with Crippen LogP contribution < -0.4 is 0 Å². The summed E-state index contributed by atoms with van der Waals surface area (Å²) in [5.41, 5.74) is 0. The second kappa shape index (κ2) is 3.12. The van der Waals surface area contributed by atoms with E-state index in [2.05, 4.69) is 35.3 Å². The number of likely N-dealkylation sites (tertiary alicyclic amines) is 1. The van der Waals surface area contributed by atoms with E-state index in [9.17, 15) is 0 Å². The first-order valence-corrected chi connectivity index (χ1v) is 4.37. The first kappa shape index (κ1) is 7.57. The molecule has 0 N–H and O–H groups in total. The molecule has 2 aliphatic rings. The number of hydrogen-bond donors (Lipinski definition) is 0. The highest BCUT2D eigenvalue weighted by Crippen LogP contribution is 2.21. The van der Waals surface area contributed by atoms with E-state index in [4.69, 9.17) is 5.26 Å². The van der Waals surface area contributed by atoms with E-state index in [0.29, 0.717) is 6.04 Å². The summed E-state index contributed by atoms with van der Waals surface area (Å²) in [4.78, 5) is 2.36. The van der Waals surface area contributed by atoms with Gasteiger partial charge in [0.05, 0.1) is 12.0 Å². The second-order valence-electron chi connectivity index (χ2n) is 3.40. The SMILES string of the molecule is N#CC1CN([C@@H]2C=CC=CC2)C1. The number of hydrogen-bond acceptors (Lipinski definition) is 2. The fourth-order valence-corrected chi connectivity index (χ4v) is 1.70. The molecule has 0 unspecified atom stereocenters. The molecule has 0 amide bonds. The number of rotatable bonds is 1. The Balaban J connectivity index is 1.85. The molecule has 2 heteroatoms. The van der Waals surface area contributed by atoms with Crippen LogP contribution in [0.4, 0.5) is 0 Å². The van der Waals surface area contributed by atoms with Crippen molar-refractivity contribution in [3.05, 3.63) is 24.3 Å². The minimum Gasteiger partial charge on any atom is -0.294 e. The molecule has 1 aliphatic heterocycles. The highest BCUT2D eigenvalue weighted by Gasteiger charge is 2.30. The molecule has 0 saturated carbocycles. The van der Waals surface area contributed by atoms with E-state index in [1.807, 2.05) is 0 Å². The third kappa shape index (κ3) is 1.28. The van der Waals surface area contributed by atoms with Crippen LogP contribution in [0.15, 0.2) is 24.3 Å². The Labute approximate surface area is 72.8 Å². The topological polar surface area (TPSA) is 27.0 Å². The fraction of sp³-hybridized carbons (Fsp3) is 0.500. The summed E-state index contributed by atoms with van der Waals surface area (Å²) in [5, 5.41) is 8.59. The summed E-state index contributed by atoms with van der Waals surface area (Å²) in [6.45, 7) is 1.92. The third-order valence-corrected chi connectivity index (χ3v) is 2.52. The Morgan fingerprint density at radius 3 is 2.75 bits per heavy atom. The lowest BCUT2D eigenvalue weighted by molar-refractivity contribution is 0.103. The summed E-state index contributed by atoms with van der Waals surface area (Å²) in [6.07, 6.45) is 9.68. The van der Waals surface area contributed by atoms with Crippen molar-refractivity contribution in [3.8, 4) is 6.07 Å². The summed E-state index contributed by atoms with van der Waals surface area (Å²) < 4.78 is 0. The van der Waals surface area contributed by atoms with Gasteiger partial charge in [0.25, 0.3) is 0 Å². The molecule has 1 saturated heterocycles. The van der Waals surface area contributed by atoms with Gasteiger partial charge in [-0.3, -0.25) is 4.90 Å². The molecule has 0 spiro atoms. The molecule has 0 bridgehead atoms. The molecule has 62 valence electrons. The van der Waals surface area contributed by atoms with Gasteiger partial charge in [-0.25, -0.2) is 0 Å². The molecule has 12 heavy (non-hydrogen) atoms. The van der Waals surface area contributed by atoms with Crippen molar-refractivity contribution in [2.75, 3.05) is 13.1 Å². The van der Waals surface area contributed by atoms with Crippen LogP contribution in [0.25, 0.3) is 0 Å². The van der Waals surface area contributed by atoms with Crippen molar-refractivity contribution in [2.24, 2.45) is 5.92 Å². The van der Waals surface area contributed by atoms with E-state index in [-0.39, 0.29) is 5.92 Å². The summed E-state index contributed by atoms with van der Waals surface area (Å²) in [6, 6.07) is 2.84. The summed E-state index contributed by atoms with van der Waals surface area (Å²) >= 11 is 0. The Hall–Kier alpha value is -1.07. The Kier molecular flexibility index (Phi) is 1.97. The molecule has 0 aromatic rings. The van der Waals surface area contributed by atoms with Gasteiger partial charge in [0.2, 0.25) is 0 Å². The molecule has 0 aromatic carbocycles. The number of allylic oxidation sites excluding steroid dienone is 2. The largest absolute Gasteiger partial charge is 0.294 e. The quantitative estimate of drug-likeness (QED) is 0.578. The van der Waals surface area contributed by atoms with Gasteiger partial charge in [-0.2, -0.15) is 5.26 Å². The van der Waals surface area contributed by atoms with Gasteiger partial charge in [0, 0.05) is 19.1 Å². The smallest absolute Gasteiger partial charge is 0.0717 e. The molecule has 0 aromatic heterocycles. The molecule has 2 nitrogen and oxygen atoms in total. The molecular formula is C10H12N2. The zero-order valence-corrected chi connectivity index (χ0v) is 6.98. The molecule has 1 fully saturated rings. The van der Waals surface area contributed by atoms with Gasteiger partial charge >= 0.3 is 0 Å². The standard InChI is InChI=1S/C10H12N2/c11-6-9-7-12(8-9)10-4-2-1-3-5-10/h1-4,9-10H,5,7-8H2/t10-/m1/s1. The predicted octanol–water partition coefficient (Wildman–Crippen LogP) is 1.33. The van der Waals surface area contributed by atoms with Crippen LogP contribution in [0.2, 0.25) is 0 Å². The summed E-state index contributed by atoms with van der Waals surface area (Å²) in [7, 11) is 0. The molecule has 0 radical (unpaired) electrons. The van der Waals surface area contributed by atoms with E-state index in [1.165, 1.54) is 0 Å². The van der Waals surface area contributed by atoms with Gasteiger partial charge in [-0.15, -0.1) is 0 Å². The third-order valence-electron chi connectivity index (χ3n) is 2.52. The van der Waals surface area contributed by atoms with Crippen molar-refractivity contribution in [1.82, 2.24) is 4.90 Å². The minimum atomic E-state index is 0.282. The van der Waals surface area contributed by atoms with Crippen molar-refractivity contribution in [2.45, 2.75) is 12.5 Å². The summed E-state index contributed by atoms with van der Waals surface area (Å²) in [5.74, 6) is 0.282. The molecule has 1 aliphatic carbocycles. The lowest BCUT2D eigenvalue weighted by Gasteiger charge is -2.40.